The topological polar surface area (TPSA) is 27.0 Å². The molecular formula is C12H14N2. The Balaban J connectivity index is 2.02. The van der Waals surface area contributed by atoms with E-state index < -0.39 is 0 Å². The molecule has 1 aromatic rings. The first-order valence-electron chi connectivity index (χ1n) is 5.00. The zero-order valence-corrected chi connectivity index (χ0v) is 8.35. The second-order valence-corrected chi connectivity index (χ2v) is 3.89. The van der Waals surface area contributed by atoms with Crippen molar-refractivity contribution in [3.05, 3.63) is 35.9 Å². The van der Waals surface area contributed by atoms with Crippen molar-refractivity contribution in [3.63, 3.8) is 0 Å². The zero-order chi connectivity index (χ0) is 9.97. The van der Waals surface area contributed by atoms with Gasteiger partial charge in [-0.2, -0.15) is 5.26 Å². The lowest BCUT2D eigenvalue weighted by Crippen LogP contribution is -2.52. The van der Waals surface area contributed by atoms with Gasteiger partial charge in [0.1, 0.15) is 0 Å². The van der Waals surface area contributed by atoms with Gasteiger partial charge in [-0.25, -0.2) is 0 Å². The molecule has 1 fully saturated rings. The van der Waals surface area contributed by atoms with Crippen LogP contribution in [0, 0.1) is 11.3 Å². The Hall–Kier alpha value is -1.33. The fourth-order valence-corrected chi connectivity index (χ4v) is 1.95. The molecule has 0 radical (unpaired) electrons. The zero-order valence-electron chi connectivity index (χ0n) is 8.35. The van der Waals surface area contributed by atoms with Crippen molar-refractivity contribution in [1.29, 1.82) is 5.26 Å². The molecule has 2 rings (SSSR count). The Morgan fingerprint density at radius 3 is 2.71 bits per heavy atom. The van der Waals surface area contributed by atoms with Crippen LogP contribution in [0.4, 0.5) is 0 Å². The van der Waals surface area contributed by atoms with Gasteiger partial charge in [0.25, 0.3) is 0 Å². The summed E-state index contributed by atoms with van der Waals surface area (Å²) in [5, 5.41) is 8.86. The summed E-state index contributed by atoms with van der Waals surface area (Å²) in [5.74, 6) is 0. The lowest BCUT2D eigenvalue weighted by molar-refractivity contribution is 0.0517. The molecule has 0 amide bonds. The lowest BCUT2D eigenvalue weighted by Gasteiger charge is -2.43. The molecule has 0 spiro atoms. The van der Waals surface area contributed by atoms with Gasteiger partial charge in [-0.05, 0) is 18.9 Å². The molecule has 2 nitrogen and oxygen atoms in total. The van der Waals surface area contributed by atoms with Crippen LogP contribution in [0.1, 0.15) is 18.9 Å². The molecule has 1 aromatic carbocycles. The summed E-state index contributed by atoms with van der Waals surface area (Å²) in [6, 6.07) is 13.3. The van der Waals surface area contributed by atoms with E-state index in [9.17, 15) is 0 Å². The maximum atomic E-state index is 8.86. The molecule has 0 unspecified atom stereocenters. The monoisotopic (exact) mass is 186 g/mol. The highest BCUT2D eigenvalue weighted by molar-refractivity contribution is 5.16. The Bertz CT molecular complexity index is 339. The largest absolute Gasteiger partial charge is 0.281 e. The predicted octanol–water partition coefficient (Wildman–Crippen LogP) is 2.17. The van der Waals surface area contributed by atoms with Gasteiger partial charge in [-0.1, -0.05) is 30.3 Å². The quantitative estimate of drug-likeness (QED) is 0.707. The second-order valence-electron chi connectivity index (χ2n) is 3.89. The summed E-state index contributed by atoms with van der Waals surface area (Å²) in [5.41, 5.74) is 1.29. The van der Waals surface area contributed by atoms with E-state index in [-0.39, 0.29) is 6.04 Å². The SMILES string of the molecule is C[C@H]1C[C@H](C#N)N1Cc1ccccc1. The number of hydrogen-bond donors (Lipinski definition) is 0. The van der Waals surface area contributed by atoms with Gasteiger partial charge in [-0.15, -0.1) is 0 Å². The molecule has 0 aromatic heterocycles. The van der Waals surface area contributed by atoms with Crippen LogP contribution in [0.5, 0.6) is 0 Å². The van der Waals surface area contributed by atoms with E-state index in [0.29, 0.717) is 6.04 Å². The van der Waals surface area contributed by atoms with Crippen LogP contribution < -0.4 is 0 Å². The highest BCUT2D eigenvalue weighted by Gasteiger charge is 2.34. The van der Waals surface area contributed by atoms with Crippen molar-refractivity contribution < 1.29 is 0 Å². The van der Waals surface area contributed by atoms with Gasteiger partial charge >= 0.3 is 0 Å². The fourth-order valence-electron chi connectivity index (χ4n) is 1.95. The highest BCUT2D eigenvalue weighted by atomic mass is 15.2. The summed E-state index contributed by atoms with van der Waals surface area (Å²) in [6.45, 7) is 3.08. The molecular weight excluding hydrogens is 172 g/mol. The van der Waals surface area contributed by atoms with E-state index >= 15 is 0 Å². The van der Waals surface area contributed by atoms with Crippen LogP contribution >= 0.6 is 0 Å². The van der Waals surface area contributed by atoms with Gasteiger partial charge in [-0.3, -0.25) is 4.90 Å². The number of hydrogen-bond acceptors (Lipinski definition) is 2. The van der Waals surface area contributed by atoms with E-state index in [4.69, 9.17) is 5.26 Å². The van der Waals surface area contributed by atoms with Gasteiger partial charge in [0.05, 0.1) is 12.1 Å². The maximum absolute atomic E-state index is 8.86. The Morgan fingerprint density at radius 2 is 2.14 bits per heavy atom. The van der Waals surface area contributed by atoms with Gasteiger partial charge < -0.3 is 0 Å². The number of nitrogens with zero attached hydrogens (tertiary/aromatic N) is 2. The van der Waals surface area contributed by atoms with Crippen LogP contribution in [-0.2, 0) is 6.54 Å². The third-order valence-corrected chi connectivity index (χ3v) is 2.89. The average molecular weight is 186 g/mol. The summed E-state index contributed by atoms with van der Waals surface area (Å²) < 4.78 is 0. The lowest BCUT2D eigenvalue weighted by atomic mass is 9.94. The Kier molecular flexibility index (Phi) is 2.51. The minimum Gasteiger partial charge on any atom is -0.281 e. The molecule has 1 aliphatic heterocycles. The molecule has 0 saturated carbocycles. The van der Waals surface area contributed by atoms with Crippen molar-refractivity contribution in [3.8, 4) is 6.07 Å². The molecule has 1 saturated heterocycles. The minimum absolute atomic E-state index is 0.130. The van der Waals surface area contributed by atoms with E-state index in [1.54, 1.807) is 0 Å². The normalized spacial score (nSPS) is 26.6. The van der Waals surface area contributed by atoms with Crippen molar-refractivity contribution in [2.24, 2.45) is 0 Å². The third kappa shape index (κ3) is 1.64. The number of nitriles is 1. The summed E-state index contributed by atoms with van der Waals surface area (Å²) in [6.07, 6.45) is 1.02. The van der Waals surface area contributed by atoms with Crippen LogP contribution in [0.3, 0.4) is 0 Å². The summed E-state index contributed by atoms with van der Waals surface area (Å²) in [4.78, 5) is 2.25. The molecule has 14 heavy (non-hydrogen) atoms. The van der Waals surface area contributed by atoms with Crippen LogP contribution in [0.15, 0.2) is 30.3 Å². The summed E-state index contributed by atoms with van der Waals surface area (Å²) >= 11 is 0. The van der Waals surface area contributed by atoms with Crippen LogP contribution in [0.2, 0.25) is 0 Å². The first kappa shape index (κ1) is 9.23. The van der Waals surface area contributed by atoms with Gasteiger partial charge in [0.2, 0.25) is 0 Å². The summed E-state index contributed by atoms with van der Waals surface area (Å²) in [7, 11) is 0. The molecule has 1 aliphatic rings. The predicted molar refractivity (Wildman–Crippen MR) is 55.5 cm³/mol. The molecule has 0 aliphatic carbocycles. The molecule has 1 heterocycles. The van der Waals surface area contributed by atoms with Crippen molar-refractivity contribution in [2.75, 3.05) is 0 Å². The Labute approximate surface area is 84.8 Å². The molecule has 2 heteroatoms. The Morgan fingerprint density at radius 1 is 1.43 bits per heavy atom. The minimum atomic E-state index is 0.130. The van der Waals surface area contributed by atoms with Crippen molar-refractivity contribution in [1.82, 2.24) is 4.90 Å². The number of benzene rings is 1. The van der Waals surface area contributed by atoms with Gasteiger partial charge in [0.15, 0.2) is 0 Å². The molecule has 0 N–H and O–H groups in total. The van der Waals surface area contributed by atoms with E-state index in [1.807, 2.05) is 18.2 Å². The van der Waals surface area contributed by atoms with Crippen LogP contribution in [0.25, 0.3) is 0 Å². The average Bonchev–Trinajstić information content (AvgIpc) is 2.24. The number of rotatable bonds is 2. The number of likely N-dealkylation sites (tertiary alicyclic amines) is 1. The van der Waals surface area contributed by atoms with Crippen LogP contribution in [-0.4, -0.2) is 17.0 Å². The van der Waals surface area contributed by atoms with E-state index in [0.717, 1.165) is 13.0 Å². The smallest absolute Gasteiger partial charge is 0.0997 e. The first-order chi connectivity index (χ1) is 6.81. The van der Waals surface area contributed by atoms with E-state index in [1.165, 1.54) is 5.56 Å². The first-order valence-corrected chi connectivity index (χ1v) is 5.00. The van der Waals surface area contributed by atoms with Crippen molar-refractivity contribution >= 4 is 0 Å². The van der Waals surface area contributed by atoms with Gasteiger partial charge in [0, 0.05) is 12.6 Å². The molecule has 2 atom stereocenters. The molecule has 0 bridgehead atoms. The highest BCUT2D eigenvalue weighted by Crippen LogP contribution is 2.26. The van der Waals surface area contributed by atoms with E-state index in [2.05, 4.69) is 30.0 Å². The second kappa shape index (κ2) is 3.81. The van der Waals surface area contributed by atoms with Crippen molar-refractivity contribution in [2.45, 2.75) is 32.0 Å². The standard InChI is InChI=1S/C12H14N2/c1-10-7-12(8-13)14(10)9-11-5-3-2-4-6-11/h2-6,10,12H,7,9H2,1H3/t10-,12+/m0/s1. The molecule has 72 valence electrons. The maximum Gasteiger partial charge on any atom is 0.0997 e. The fraction of sp³-hybridized carbons (Fsp3) is 0.417. The third-order valence-electron chi connectivity index (χ3n) is 2.89.